The predicted octanol–water partition coefficient (Wildman–Crippen LogP) is 3.58. The van der Waals surface area contributed by atoms with Crippen LogP contribution < -0.4 is 0 Å². The minimum atomic E-state index is 0.509. The molecule has 2 aromatic rings. The van der Waals surface area contributed by atoms with E-state index in [9.17, 15) is 4.79 Å². The summed E-state index contributed by atoms with van der Waals surface area (Å²) >= 11 is 7.38. The van der Waals surface area contributed by atoms with Crippen LogP contribution in [-0.2, 0) is 0 Å². The second kappa shape index (κ2) is 4.13. The highest BCUT2D eigenvalue weighted by atomic mass is 35.5. The van der Waals surface area contributed by atoms with Gasteiger partial charge in [0.1, 0.15) is 10.7 Å². The van der Waals surface area contributed by atoms with E-state index in [4.69, 9.17) is 11.6 Å². The van der Waals surface area contributed by atoms with E-state index < -0.39 is 0 Å². The molecular formula is C11H8ClNOS. The number of aryl methyl sites for hydroxylation is 1. The van der Waals surface area contributed by atoms with Gasteiger partial charge in [-0.05, 0) is 19.1 Å². The van der Waals surface area contributed by atoms with E-state index in [0.29, 0.717) is 10.7 Å². The quantitative estimate of drug-likeness (QED) is 0.748. The van der Waals surface area contributed by atoms with Crippen LogP contribution in [0.3, 0.4) is 0 Å². The van der Waals surface area contributed by atoms with Crippen LogP contribution in [0.15, 0.2) is 24.3 Å². The van der Waals surface area contributed by atoms with Crippen LogP contribution >= 0.6 is 22.9 Å². The molecule has 0 aliphatic carbocycles. The molecule has 1 aromatic heterocycles. The van der Waals surface area contributed by atoms with Gasteiger partial charge in [-0.3, -0.25) is 4.79 Å². The van der Waals surface area contributed by atoms with Crippen molar-refractivity contribution in [3.05, 3.63) is 39.9 Å². The average Bonchev–Trinajstić information content (AvgIpc) is 2.60. The fraction of sp³-hybridized carbons (Fsp3) is 0.0909. The number of halogens is 1. The standard InChI is InChI=1S/C11H8ClNOS/c1-7-10(6-14)13-11(15-7)8-3-2-4-9(12)5-8/h2-6H,1H3. The number of carbonyl (C=O) groups is 1. The van der Waals surface area contributed by atoms with Crippen LogP contribution in [0.25, 0.3) is 10.6 Å². The fourth-order valence-electron chi connectivity index (χ4n) is 1.26. The monoisotopic (exact) mass is 237 g/mol. The van der Waals surface area contributed by atoms with Gasteiger partial charge in [-0.1, -0.05) is 23.7 Å². The van der Waals surface area contributed by atoms with Gasteiger partial charge in [-0.25, -0.2) is 4.98 Å². The van der Waals surface area contributed by atoms with Crippen molar-refractivity contribution in [2.75, 3.05) is 0 Å². The molecule has 0 aliphatic rings. The molecule has 0 saturated carbocycles. The number of hydrogen-bond acceptors (Lipinski definition) is 3. The van der Waals surface area contributed by atoms with Gasteiger partial charge in [0.15, 0.2) is 6.29 Å². The lowest BCUT2D eigenvalue weighted by atomic mass is 10.2. The Morgan fingerprint density at radius 2 is 2.27 bits per heavy atom. The normalized spacial score (nSPS) is 10.3. The lowest BCUT2D eigenvalue weighted by Crippen LogP contribution is -1.82. The van der Waals surface area contributed by atoms with Gasteiger partial charge in [0.2, 0.25) is 0 Å². The molecule has 4 heteroatoms. The lowest BCUT2D eigenvalue weighted by Gasteiger charge is -1.95. The van der Waals surface area contributed by atoms with Gasteiger partial charge in [-0.15, -0.1) is 11.3 Å². The smallest absolute Gasteiger partial charge is 0.169 e. The largest absolute Gasteiger partial charge is 0.296 e. The molecular weight excluding hydrogens is 230 g/mol. The maximum atomic E-state index is 10.7. The summed E-state index contributed by atoms with van der Waals surface area (Å²) in [5.74, 6) is 0. The molecule has 15 heavy (non-hydrogen) atoms. The summed E-state index contributed by atoms with van der Waals surface area (Å²) in [5, 5.41) is 1.50. The zero-order valence-electron chi connectivity index (χ0n) is 8.03. The zero-order valence-corrected chi connectivity index (χ0v) is 9.60. The number of thiazole rings is 1. The molecule has 0 unspecified atom stereocenters. The number of rotatable bonds is 2. The highest BCUT2D eigenvalue weighted by Gasteiger charge is 2.08. The van der Waals surface area contributed by atoms with Crippen molar-refractivity contribution in [3.8, 4) is 10.6 Å². The Morgan fingerprint density at radius 3 is 2.87 bits per heavy atom. The second-order valence-electron chi connectivity index (χ2n) is 3.09. The van der Waals surface area contributed by atoms with Crippen molar-refractivity contribution < 1.29 is 4.79 Å². The molecule has 0 aliphatic heterocycles. The van der Waals surface area contributed by atoms with Crippen LogP contribution in [0, 0.1) is 6.92 Å². The predicted molar refractivity (Wildman–Crippen MR) is 62.7 cm³/mol. The van der Waals surface area contributed by atoms with Crippen LogP contribution in [0.5, 0.6) is 0 Å². The zero-order chi connectivity index (χ0) is 10.8. The number of aldehydes is 1. The number of carbonyl (C=O) groups excluding carboxylic acids is 1. The van der Waals surface area contributed by atoms with Gasteiger partial charge in [0.05, 0.1) is 0 Å². The Kier molecular flexibility index (Phi) is 2.84. The summed E-state index contributed by atoms with van der Waals surface area (Å²) in [6.07, 6.45) is 0.778. The molecule has 0 fully saturated rings. The summed E-state index contributed by atoms with van der Waals surface area (Å²) in [4.78, 5) is 15.8. The van der Waals surface area contributed by atoms with Crippen molar-refractivity contribution >= 4 is 29.2 Å². The van der Waals surface area contributed by atoms with Gasteiger partial charge >= 0.3 is 0 Å². The molecule has 0 spiro atoms. The number of benzene rings is 1. The summed E-state index contributed by atoms with van der Waals surface area (Å²) in [5.41, 5.74) is 1.46. The Balaban J connectivity index is 2.49. The topological polar surface area (TPSA) is 30.0 Å². The molecule has 1 heterocycles. The van der Waals surface area contributed by atoms with E-state index in [1.54, 1.807) is 0 Å². The number of nitrogens with zero attached hydrogens (tertiary/aromatic N) is 1. The summed E-state index contributed by atoms with van der Waals surface area (Å²) < 4.78 is 0. The molecule has 0 atom stereocenters. The summed E-state index contributed by atoms with van der Waals surface area (Å²) in [6.45, 7) is 1.88. The van der Waals surface area contributed by atoms with Crippen molar-refractivity contribution in [2.45, 2.75) is 6.92 Å². The van der Waals surface area contributed by atoms with Crippen LogP contribution in [0.2, 0.25) is 5.02 Å². The molecule has 0 N–H and O–H groups in total. The van der Waals surface area contributed by atoms with Gasteiger partial charge in [-0.2, -0.15) is 0 Å². The molecule has 76 valence electrons. The second-order valence-corrected chi connectivity index (χ2v) is 4.73. The maximum absolute atomic E-state index is 10.7. The van der Waals surface area contributed by atoms with Crippen molar-refractivity contribution in [3.63, 3.8) is 0 Å². The van der Waals surface area contributed by atoms with Crippen molar-refractivity contribution in [2.24, 2.45) is 0 Å². The van der Waals surface area contributed by atoms with Crippen LogP contribution in [-0.4, -0.2) is 11.3 Å². The third-order valence-electron chi connectivity index (χ3n) is 2.02. The first-order valence-corrected chi connectivity index (χ1v) is 5.58. The number of aromatic nitrogens is 1. The Labute approximate surface area is 96.5 Å². The third-order valence-corrected chi connectivity index (χ3v) is 3.29. The SMILES string of the molecule is Cc1sc(-c2cccc(Cl)c2)nc1C=O. The minimum absolute atomic E-state index is 0.509. The first-order valence-electron chi connectivity index (χ1n) is 4.39. The van der Waals surface area contributed by atoms with E-state index >= 15 is 0 Å². The highest BCUT2D eigenvalue weighted by Crippen LogP contribution is 2.28. The Morgan fingerprint density at radius 1 is 1.47 bits per heavy atom. The average molecular weight is 238 g/mol. The van der Waals surface area contributed by atoms with Crippen molar-refractivity contribution in [1.82, 2.24) is 4.98 Å². The molecule has 2 nitrogen and oxygen atoms in total. The highest BCUT2D eigenvalue weighted by molar-refractivity contribution is 7.15. The molecule has 1 aromatic carbocycles. The molecule has 0 radical (unpaired) electrons. The molecule has 0 saturated heterocycles. The van der Waals surface area contributed by atoms with E-state index in [2.05, 4.69) is 4.98 Å². The summed E-state index contributed by atoms with van der Waals surface area (Å²) in [6, 6.07) is 7.45. The van der Waals surface area contributed by atoms with E-state index in [-0.39, 0.29) is 0 Å². The fourth-order valence-corrected chi connectivity index (χ4v) is 2.33. The molecule has 2 rings (SSSR count). The lowest BCUT2D eigenvalue weighted by molar-refractivity contribution is 0.111. The first kappa shape index (κ1) is 10.3. The summed E-state index contributed by atoms with van der Waals surface area (Å²) in [7, 11) is 0. The third kappa shape index (κ3) is 2.08. The van der Waals surface area contributed by atoms with Gasteiger partial charge in [0, 0.05) is 15.5 Å². The van der Waals surface area contributed by atoms with Crippen molar-refractivity contribution in [1.29, 1.82) is 0 Å². The maximum Gasteiger partial charge on any atom is 0.169 e. The first-order chi connectivity index (χ1) is 7.20. The Hall–Kier alpha value is -1.19. The molecule has 0 amide bonds. The van der Waals surface area contributed by atoms with E-state index in [1.165, 1.54) is 11.3 Å². The minimum Gasteiger partial charge on any atom is -0.296 e. The van der Waals surface area contributed by atoms with Gasteiger partial charge in [0.25, 0.3) is 0 Å². The number of hydrogen-bond donors (Lipinski definition) is 0. The van der Waals surface area contributed by atoms with Gasteiger partial charge < -0.3 is 0 Å². The van der Waals surface area contributed by atoms with Crippen LogP contribution in [0.4, 0.5) is 0 Å². The van der Waals surface area contributed by atoms with Crippen LogP contribution in [0.1, 0.15) is 15.4 Å². The van der Waals surface area contributed by atoms with E-state index in [0.717, 1.165) is 21.7 Å². The van der Waals surface area contributed by atoms with E-state index in [1.807, 2.05) is 31.2 Å². The molecule has 0 bridgehead atoms. The Bertz CT molecular complexity index is 507.